The molecule has 0 aromatic carbocycles. The van der Waals surface area contributed by atoms with Crippen molar-refractivity contribution in [1.82, 2.24) is 4.90 Å². The highest BCUT2D eigenvalue weighted by Crippen LogP contribution is 1.94. The molecule has 0 radical (unpaired) electrons. The van der Waals surface area contributed by atoms with Crippen molar-refractivity contribution in [3.05, 3.63) is 0 Å². The highest BCUT2D eigenvalue weighted by Gasteiger charge is 1.97. The Morgan fingerprint density at radius 2 is 1.92 bits per heavy atom. The van der Waals surface area contributed by atoms with Gasteiger partial charge in [0.15, 0.2) is 0 Å². The van der Waals surface area contributed by atoms with Crippen molar-refractivity contribution >= 4 is 0 Å². The van der Waals surface area contributed by atoms with E-state index in [1.54, 1.807) is 0 Å². The first-order chi connectivity index (χ1) is 6.20. The Morgan fingerprint density at radius 3 is 2.38 bits per heavy atom. The molecule has 0 heterocycles. The zero-order chi connectivity index (χ0) is 10.1. The Labute approximate surface area is 83.5 Å². The highest BCUT2D eigenvalue weighted by molar-refractivity contribution is 5.03. The van der Waals surface area contributed by atoms with Crippen LogP contribution < -0.4 is 0 Å². The molecule has 0 aliphatic rings. The van der Waals surface area contributed by atoms with E-state index in [2.05, 4.69) is 44.4 Å². The van der Waals surface area contributed by atoms with Crippen LogP contribution in [0.15, 0.2) is 0 Å². The van der Waals surface area contributed by atoms with Crippen LogP contribution in [0, 0.1) is 17.8 Å². The van der Waals surface area contributed by atoms with Crippen LogP contribution in [0.25, 0.3) is 0 Å². The summed E-state index contributed by atoms with van der Waals surface area (Å²) in [6.45, 7) is 12.0. The van der Waals surface area contributed by atoms with Gasteiger partial charge in [0.25, 0.3) is 0 Å². The van der Waals surface area contributed by atoms with Gasteiger partial charge < -0.3 is 0 Å². The SMILES string of the molecule is CCCCN(CC)CC#CC(C)C. The molecule has 0 aromatic rings. The minimum absolute atomic E-state index is 0.505. The number of hydrogen-bond donors (Lipinski definition) is 0. The molecule has 76 valence electrons. The van der Waals surface area contributed by atoms with Gasteiger partial charge in [-0.3, -0.25) is 4.90 Å². The fourth-order valence-electron chi connectivity index (χ4n) is 1.09. The second kappa shape index (κ2) is 8.13. The van der Waals surface area contributed by atoms with Gasteiger partial charge in [-0.25, -0.2) is 0 Å². The topological polar surface area (TPSA) is 3.24 Å². The van der Waals surface area contributed by atoms with Gasteiger partial charge in [0.05, 0.1) is 6.54 Å². The van der Waals surface area contributed by atoms with Crippen LogP contribution in [0.1, 0.15) is 40.5 Å². The van der Waals surface area contributed by atoms with Gasteiger partial charge in [0.1, 0.15) is 0 Å². The highest BCUT2D eigenvalue weighted by atomic mass is 15.1. The fraction of sp³-hybridized carbons (Fsp3) is 0.833. The average molecular weight is 181 g/mol. The molecule has 0 unspecified atom stereocenters. The van der Waals surface area contributed by atoms with Crippen LogP contribution in [0.3, 0.4) is 0 Å². The van der Waals surface area contributed by atoms with Crippen molar-refractivity contribution < 1.29 is 0 Å². The predicted octanol–water partition coefficient (Wildman–Crippen LogP) is 2.77. The summed E-state index contributed by atoms with van der Waals surface area (Å²) >= 11 is 0. The molecule has 0 saturated heterocycles. The van der Waals surface area contributed by atoms with Gasteiger partial charge in [-0.15, -0.1) is 0 Å². The van der Waals surface area contributed by atoms with Crippen molar-refractivity contribution in [1.29, 1.82) is 0 Å². The van der Waals surface area contributed by atoms with Crippen LogP contribution >= 0.6 is 0 Å². The summed E-state index contributed by atoms with van der Waals surface area (Å²) in [6, 6.07) is 0. The molecule has 0 rings (SSSR count). The molecule has 0 atom stereocenters. The Hall–Kier alpha value is -0.480. The van der Waals surface area contributed by atoms with Crippen LogP contribution in [-0.2, 0) is 0 Å². The number of hydrogen-bond acceptors (Lipinski definition) is 1. The summed E-state index contributed by atoms with van der Waals surface area (Å²) in [7, 11) is 0. The minimum Gasteiger partial charge on any atom is -0.293 e. The third kappa shape index (κ3) is 7.87. The van der Waals surface area contributed by atoms with Gasteiger partial charge in [-0.1, -0.05) is 46.0 Å². The molecule has 0 amide bonds. The van der Waals surface area contributed by atoms with Crippen LogP contribution in [0.5, 0.6) is 0 Å². The van der Waals surface area contributed by atoms with Crippen molar-refractivity contribution in [3.8, 4) is 11.8 Å². The van der Waals surface area contributed by atoms with E-state index >= 15 is 0 Å². The minimum atomic E-state index is 0.505. The Kier molecular flexibility index (Phi) is 7.83. The second-order valence-electron chi connectivity index (χ2n) is 3.70. The lowest BCUT2D eigenvalue weighted by Crippen LogP contribution is -2.24. The van der Waals surface area contributed by atoms with E-state index in [4.69, 9.17) is 0 Å². The van der Waals surface area contributed by atoms with E-state index in [-0.39, 0.29) is 0 Å². The van der Waals surface area contributed by atoms with E-state index in [1.165, 1.54) is 19.4 Å². The molecule has 13 heavy (non-hydrogen) atoms. The van der Waals surface area contributed by atoms with Gasteiger partial charge in [-0.2, -0.15) is 0 Å². The van der Waals surface area contributed by atoms with Gasteiger partial charge >= 0.3 is 0 Å². The summed E-state index contributed by atoms with van der Waals surface area (Å²) < 4.78 is 0. The lowest BCUT2D eigenvalue weighted by Gasteiger charge is -2.16. The number of nitrogens with zero attached hydrogens (tertiary/aromatic N) is 1. The molecule has 0 aliphatic heterocycles. The summed E-state index contributed by atoms with van der Waals surface area (Å²) in [5.41, 5.74) is 0. The Morgan fingerprint density at radius 1 is 1.23 bits per heavy atom. The number of rotatable bonds is 5. The quantitative estimate of drug-likeness (QED) is 0.589. The van der Waals surface area contributed by atoms with E-state index in [0.717, 1.165) is 13.1 Å². The first-order valence-electron chi connectivity index (χ1n) is 5.41. The van der Waals surface area contributed by atoms with Crippen molar-refractivity contribution in [2.75, 3.05) is 19.6 Å². The molecule has 0 N–H and O–H groups in total. The van der Waals surface area contributed by atoms with Crippen molar-refractivity contribution in [2.24, 2.45) is 5.92 Å². The lowest BCUT2D eigenvalue weighted by atomic mass is 10.2. The van der Waals surface area contributed by atoms with Gasteiger partial charge in [0, 0.05) is 5.92 Å². The smallest absolute Gasteiger partial charge is 0.0601 e. The van der Waals surface area contributed by atoms with Crippen LogP contribution in [-0.4, -0.2) is 24.5 Å². The van der Waals surface area contributed by atoms with Crippen LogP contribution in [0.4, 0.5) is 0 Å². The molecule has 0 spiro atoms. The Bertz CT molecular complexity index is 162. The van der Waals surface area contributed by atoms with E-state index in [1.807, 2.05) is 0 Å². The van der Waals surface area contributed by atoms with Gasteiger partial charge in [-0.05, 0) is 19.5 Å². The maximum atomic E-state index is 3.22. The zero-order valence-corrected chi connectivity index (χ0v) is 9.56. The molecule has 1 heteroatoms. The fourth-order valence-corrected chi connectivity index (χ4v) is 1.09. The van der Waals surface area contributed by atoms with Crippen LogP contribution in [0.2, 0.25) is 0 Å². The molecule has 0 aromatic heterocycles. The first kappa shape index (κ1) is 12.5. The standard InChI is InChI=1S/C12H23N/c1-5-7-10-13(6-2)11-8-9-12(3)4/h12H,5-7,10-11H2,1-4H3. The molecule has 0 aliphatic carbocycles. The third-order valence-corrected chi connectivity index (χ3v) is 1.97. The van der Waals surface area contributed by atoms with E-state index in [9.17, 15) is 0 Å². The van der Waals surface area contributed by atoms with E-state index in [0.29, 0.717) is 5.92 Å². The molecule has 0 bridgehead atoms. The Balaban J connectivity index is 3.66. The monoisotopic (exact) mass is 181 g/mol. The summed E-state index contributed by atoms with van der Waals surface area (Å²) in [6.07, 6.45) is 2.56. The molecule has 0 fully saturated rings. The number of unbranched alkanes of at least 4 members (excludes halogenated alkanes) is 1. The molecular weight excluding hydrogens is 158 g/mol. The third-order valence-electron chi connectivity index (χ3n) is 1.97. The maximum Gasteiger partial charge on any atom is 0.0601 e. The summed E-state index contributed by atoms with van der Waals surface area (Å²) in [5.74, 6) is 6.92. The first-order valence-corrected chi connectivity index (χ1v) is 5.41. The molecule has 1 nitrogen and oxygen atoms in total. The maximum absolute atomic E-state index is 3.22. The summed E-state index contributed by atoms with van der Waals surface area (Å²) in [5, 5.41) is 0. The van der Waals surface area contributed by atoms with E-state index < -0.39 is 0 Å². The predicted molar refractivity (Wildman–Crippen MR) is 59.6 cm³/mol. The van der Waals surface area contributed by atoms with Crippen molar-refractivity contribution in [2.45, 2.75) is 40.5 Å². The summed E-state index contributed by atoms with van der Waals surface area (Å²) in [4.78, 5) is 2.40. The van der Waals surface area contributed by atoms with Gasteiger partial charge in [0.2, 0.25) is 0 Å². The molecule has 0 saturated carbocycles. The zero-order valence-electron chi connectivity index (χ0n) is 9.56. The van der Waals surface area contributed by atoms with Crippen molar-refractivity contribution in [3.63, 3.8) is 0 Å². The average Bonchev–Trinajstić information content (AvgIpc) is 2.10. The lowest BCUT2D eigenvalue weighted by molar-refractivity contribution is 0.318. The normalized spacial score (nSPS) is 10.3. The largest absolute Gasteiger partial charge is 0.293 e. The second-order valence-corrected chi connectivity index (χ2v) is 3.70. The molecular formula is C12H23N.